The van der Waals surface area contributed by atoms with Crippen molar-refractivity contribution in [3.63, 3.8) is 0 Å². The average Bonchev–Trinajstić information content (AvgIpc) is 2.46. The maximum absolute atomic E-state index is 11.6. The van der Waals surface area contributed by atoms with E-state index in [1.807, 2.05) is 0 Å². The Bertz CT molecular complexity index is 651. The van der Waals surface area contributed by atoms with E-state index in [0.29, 0.717) is 5.56 Å². The predicted octanol–water partition coefficient (Wildman–Crippen LogP) is -0.155. The fraction of sp³-hybridized carbons (Fsp3) is 0. The molecule has 0 aliphatic carbocycles. The lowest BCUT2D eigenvalue weighted by Gasteiger charge is -2.06. The molecule has 0 unspecified atom stereocenters. The smallest absolute Gasteiger partial charge is 0.275 e. The minimum atomic E-state index is -0.695. The van der Waals surface area contributed by atoms with Crippen LogP contribution in [0.4, 0.5) is 0 Å². The van der Waals surface area contributed by atoms with E-state index in [0.717, 1.165) is 0 Å². The van der Waals surface area contributed by atoms with E-state index in [1.165, 1.54) is 30.7 Å². The molecule has 2 rings (SSSR count). The number of rotatable bonds is 2. The number of pyridine rings is 2. The van der Waals surface area contributed by atoms with Gasteiger partial charge in [-0.3, -0.25) is 30.2 Å². The van der Waals surface area contributed by atoms with Crippen molar-refractivity contribution in [1.29, 1.82) is 0 Å². The molecule has 0 aromatic carbocycles. The summed E-state index contributed by atoms with van der Waals surface area (Å²) in [7, 11) is 0. The summed E-state index contributed by atoms with van der Waals surface area (Å²) in [6.45, 7) is 0. The summed E-state index contributed by atoms with van der Waals surface area (Å²) in [5, 5.41) is 0. The van der Waals surface area contributed by atoms with Crippen LogP contribution in [0.25, 0.3) is 0 Å². The van der Waals surface area contributed by atoms with Crippen molar-refractivity contribution in [3.05, 3.63) is 64.3 Å². The number of hydrogen-bond donors (Lipinski definition) is 3. The van der Waals surface area contributed by atoms with Crippen molar-refractivity contribution in [2.24, 2.45) is 0 Å². The zero-order valence-corrected chi connectivity index (χ0v) is 9.71. The van der Waals surface area contributed by atoms with Crippen LogP contribution < -0.4 is 16.4 Å². The minimum Gasteiger partial charge on any atom is -0.328 e. The number of carbonyl (C=O) groups is 2. The Morgan fingerprint density at radius 2 is 1.89 bits per heavy atom. The topological polar surface area (TPSA) is 104 Å². The lowest BCUT2D eigenvalue weighted by molar-refractivity contribution is 0.0845. The van der Waals surface area contributed by atoms with Crippen molar-refractivity contribution in [3.8, 4) is 0 Å². The van der Waals surface area contributed by atoms with Gasteiger partial charge in [0.1, 0.15) is 5.56 Å². The highest BCUT2D eigenvalue weighted by molar-refractivity contribution is 5.98. The van der Waals surface area contributed by atoms with Gasteiger partial charge in [-0.2, -0.15) is 0 Å². The van der Waals surface area contributed by atoms with Crippen LogP contribution in [0.5, 0.6) is 0 Å². The van der Waals surface area contributed by atoms with Crippen molar-refractivity contribution < 1.29 is 9.59 Å². The molecule has 3 N–H and O–H groups in total. The molecule has 2 aromatic rings. The Morgan fingerprint density at radius 3 is 2.58 bits per heavy atom. The van der Waals surface area contributed by atoms with E-state index in [-0.39, 0.29) is 5.56 Å². The zero-order valence-electron chi connectivity index (χ0n) is 9.71. The number of hydrazine groups is 1. The summed E-state index contributed by atoms with van der Waals surface area (Å²) in [5.41, 5.74) is 4.02. The van der Waals surface area contributed by atoms with E-state index < -0.39 is 17.4 Å². The third-order valence-corrected chi connectivity index (χ3v) is 2.28. The molecule has 0 saturated heterocycles. The van der Waals surface area contributed by atoms with E-state index in [9.17, 15) is 14.4 Å². The lowest BCUT2D eigenvalue weighted by atomic mass is 10.2. The Labute approximate surface area is 107 Å². The highest BCUT2D eigenvalue weighted by atomic mass is 16.2. The van der Waals surface area contributed by atoms with Crippen LogP contribution in [0.1, 0.15) is 20.7 Å². The predicted molar refractivity (Wildman–Crippen MR) is 66.2 cm³/mol. The number of H-pyrrole nitrogens is 1. The summed E-state index contributed by atoms with van der Waals surface area (Å²) in [6.07, 6.45) is 4.29. The molecule has 7 nitrogen and oxygen atoms in total. The maximum atomic E-state index is 11.6. The zero-order chi connectivity index (χ0) is 13.7. The second-order valence-corrected chi connectivity index (χ2v) is 3.56. The maximum Gasteiger partial charge on any atom is 0.275 e. The van der Waals surface area contributed by atoms with Crippen molar-refractivity contribution in [2.45, 2.75) is 0 Å². The third kappa shape index (κ3) is 3.03. The molecule has 0 radical (unpaired) electrons. The minimum absolute atomic E-state index is 0.0889. The Balaban J connectivity index is 2.00. The van der Waals surface area contributed by atoms with Gasteiger partial charge in [0.2, 0.25) is 0 Å². The van der Waals surface area contributed by atoms with Gasteiger partial charge in [-0.25, -0.2) is 0 Å². The molecular formula is C12H10N4O3. The van der Waals surface area contributed by atoms with Crippen LogP contribution >= 0.6 is 0 Å². The number of amides is 2. The standard InChI is InChI=1S/C12H10N4O3/c17-10(8-3-1-5-13-7-8)15-16-12(19)9-4-2-6-14-11(9)18/h1-7H,(H,14,18)(H,15,17)(H,16,19). The lowest BCUT2D eigenvalue weighted by Crippen LogP contribution is -2.43. The van der Waals surface area contributed by atoms with Gasteiger partial charge in [-0.1, -0.05) is 0 Å². The number of carbonyl (C=O) groups excluding carboxylic acids is 2. The highest BCUT2D eigenvalue weighted by Gasteiger charge is 2.11. The molecule has 19 heavy (non-hydrogen) atoms. The quantitative estimate of drug-likeness (QED) is 0.651. The van der Waals surface area contributed by atoms with Crippen LogP contribution in [-0.4, -0.2) is 21.8 Å². The van der Waals surface area contributed by atoms with E-state index in [1.54, 1.807) is 12.1 Å². The monoisotopic (exact) mass is 258 g/mol. The Hall–Kier alpha value is -2.96. The van der Waals surface area contributed by atoms with E-state index in [4.69, 9.17) is 0 Å². The first kappa shape index (κ1) is 12.5. The fourth-order valence-electron chi connectivity index (χ4n) is 1.35. The van der Waals surface area contributed by atoms with Crippen LogP contribution in [-0.2, 0) is 0 Å². The second-order valence-electron chi connectivity index (χ2n) is 3.56. The third-order valence-electron chi connectivity index (χ3n) is 2.28. The van der Waals surface area contributed by atoms with Gasteiger partial charge >= 0.3 is 0 Å². The molecule has 0 aliphatic heterocycles. The number of nitrogens with zero attached hydrogens (tertiary/aromatic N) is 1. The molecule has 0 saturated carbocycles. The second kappa shape index (κ2) is 5.58. The molecule has 0 spiro atoms. The summed E-state index contributed by atoms with van der Waals surface area (Å²) in [6, 6.07) is 6.01. The van der Waals surface area contributed by atoms with Crippen LogP contribution in [0.2, 0.25) is 0 Å². The summed E-state index contributed by atoms with van der Waals surface area (Å²) in [5.74, 6) is -1.21. The van der Waals surface area contributed by atoms with E-state index in [2.05, 4.69) is 20.8 Å². The molecule has 7 heteroatoms. The number of aromatic nitrogens is 2. The SMILES string of the molecule is O=C(NNC(=O)c1ccc[nH]c1=O)c1cccnc1. The molecule has 0 bridgehead atoms. The molecule has 0 aliphatic rings. The number of aromatic amines is 1. The summed E-state index contributed by atoms with van der Waals surface area (Å²) < 4.78 is 0. The molecular weight excluding hydrogens is 248 g/mol. The molecule has 96 valence electrons. The van der Waals surface area contributed by atoms with Crippen LogP contribution in [0.15, 0.2) is 47.7 Å². The van der Waals surface area contributed by atoms with Gasteiger partial charge in [0.15, 0.2) is 0 Å². The van der Waals surface area contributed by atoms with Crippen LogP contribution in [0.3, 0.4) is 0 Å². The molecule has 2 aromatic heterocycles. The van der Waals surface area contributed by atoms with Crippen molar-refractivity contribution in [1.82, 2.24) is 20.8 Å². The van der Waals surface area contributed by atoms with Crippen molar-refractivity contribution in [2.75, 3.05) is 0 Å². The number of nitrogens with one attached hydrogen (secondary N) is 3. The molecule has 0 atom stereocenters. The molecule has 2 heterocycles. The highest BCUT2D eigenvalue weighted by Crippen LogP contribution is 1.94. The Kier molecular flexibility index (Phi) is 3.67. The average molecular weight is 258 g/mol. The number of hydrogen-bond acceptors (Lipinski definition) is 4. The van der Waals surface area contributed by atoms with Gasteiger partial charge in [0.05, 0.1) is 5.56 Å². The van der Waals surface area contributed by atoms with Gasteiger partial charge < -0.3 is 4.98 Å². The summed E-state index contributed by atoms with van der Waals surface area (Å²) >= 11 is 0. The Morgan fingerprint density at radius 1 is 1.11 bits per heavy atom. The molecule has 2 amide bonds. The largest absolute Gasteiger partial charge is 0.328 e. The first-order valence-electron chi connectivity index (χ1n) is 5.37. The first-order valence-corrected chi connectivity index (χ1v) is 5.37. The van der Waals surface area contributed by atoms with Crippen LogP contribution in [0, 0.1) is 0 Å². The van der Waals surface area contributed by atoms with Gasteiger partial charge in [-0.05, 0) is 24.3 Å². The van der Waals surface area contributed by atoms with Gasteiger partial charge in [-0.15, -0.1) is 0 Å². The summed E-state index contributed by atoms with van der Waals surface area (Å²) in [4.78, 5) is 40.7. The van der Waals surface area contributed by atoms with Gasteiger partial charge in [0, 0.05) is 18.6 Å². The normalized spacial score (nSPS) is 9.68. The molecule has 0 fully saturated rings. The van der Waals surface area contributed by atoms with E-state index >= 15 is 0 Å². The first-order chi connectivity index (χ1) is 9.18. The van der Waals surface area contributed by atoms with Gasteiger partial charge in [0.25, 0.3) is 17.4 Å². The fourth-order valence-corrected chi connectivity index (χ4v) is 1.35. The van der Waals surface area contributed by atoms with Crippen molar-refractivity contribution >= 4 is 11.8 Å².